The van der Waals surface area contributed by atoms with Crippen LogP contribution in [0.4, 0.5) is 0 Å². The van der Waals surface area contributed by atoms with Crippen LogP contribution in [-0.2, 0) is 0 Å². The van der Waals surface area contributed by atoms with Crippen LogP contribution >= 0.6 is 35.3 Å². The molecule has 236 valence electrons. The average molecular weight is 659 g/mol. The molecule has 0 radical (unpaired) electrons. The molecule has 0 aliphatic heterocycles. The van der Waals surface area contributed by atoms with Crippen LogP contribution in [0.1, 0.15) is 53.4 Å². The molecular formula is C34H42N8S3. The van der Waals surface area contributed by atoms with Gasteiger partial charge in [0.2, 0.25) is 0 Å². The number of nitriles is 5. The van der Waals surface area contributed by atoms with Gasteiger partial charge in [-0.2, -0.15) is 56.3 Å². The van der Waals surface area contributed by atoms with Gasteiger partial charge in [-0.1, -0.05) is 27.7 Å². The van der Waals surface area contributed by atoms with Crippen molar-refractivity contribution >= 4 is 35.3 Å². The zero-order valence-corrected chi connectivity index (χ0v) is 29.7. The summed E-state index contributed by atoms with van der Waals surface area (Å²) < 4.78 is 0. The van der Waals surface area contributed by atoms with E-state index in [0.29, 0.717) is 35.1 Å². The number of hydrogen-bond acceptors (Lipinski definition) is 10. The summed E-state index contributed by atoms with van der Waals surface area (Å²) in [6.07, 6.45) is 2.60. The predicted octanol–water partition coefficient (Wildman–Crippen LogP) is 7.29. The van der Waals surface area contributed by atoms with E-state index in [2.05, 4.69) is 54.5 Å². The Kier molecular flexibility index (Phi) is 15.0. The van der Waals surface area contributed by atoms with Gasteiger partial charge in [0.1, 0.15) is 23.8 Å². The molecule has 0 aromatic heterocycles. The molecule has 0 aromatic rings. The van der Waals surface area contributed by atoms with Crippen LogP contribution in [0.5, 0.6) is 0 Å². The Balaban J connectivity index is 1.75. The summed E-state index contributed by atoms with van der Waals surface area (Å²) >= 11 is 5.74. The second-order valence-electron chi connectivity index (χ2n) is 12.7. The first-order valence-corrected chi connectivity index (χ1v) is 18.3. The minimum absolute atomic E-state index is 0.0266. The smallest absolute Gasteiger partial charge is 0.266 e. The zero-order valence-electron chi connectivity index (χ0n) is 27.3. The van der Waals surface area contributed by atoms with Crippen LogP contribution in [0.3, 0.4) is 0 Å². The van der Waals surface area contributed by atoms with Gasteiger partial charge in [0, 0.05) is 78.7 Å². The maximum atomic E-state index is 9.88. The molecule has 0 bridgehead atoms. The third-order valence-electron chi connectivity index (χ3n) is 7.84. The van der Waals surface area contributed by atoms with Crippen molar-refractivity contribution < 1.29 is 0 Å². The molecule has 0 atom stereocenters. The summed E-state index contributed by atoms with van der Waals surface area (Å²) in [6.45, 7) is 17.4. The molecule has 2 aliphatic carbocycles. The van der Waals surface area contributed by atoms with E-state index in [4.69, 9.17) is 6.57 Å². The van der Waals surface area contributed by atoms with Gasteiger partial charge in [0.25, 0.3) is 5.70 Å². The Morgan fingerprint density at radius 1 is 0.667 bits per heavy atom. The van der Waals surface area contributed by atoms with Gasteiger partial charge in [0.15, 0.2) is 0 Å². The largest absolute Gasteiger partial charge is 0.376 e. The lowest BCUT2D eigenvalue weighted by Gasteiger charge is -2.37. The number of thioether (sulfide) groups is 3. The third kappa shape index (κ3) is 10.8. The van der Waals surface area contributed by atoms with Crippen molar-refractivity contribution in [3.63, 3.8) is 0 Å². The Morgan fingerprint density at radius 3 is 1.44 bits per heavy atom. The van der Waals surface area contributed by atoms with Crippen molar-refractivity contribution in [2.75, 3.05) is 61.7 Å². The molecule has 0 heterocycles. The summed E-state index contributed by atoms with van der Waals surface area (Å²) in [5, 5.41) is 48.0. The third-order valence-corrected chi connectivity index (χ3v) is 11.3. The Bertz CT molecular complexity index is 1350. The zero-order chi connectivity index (χ0) is 33.6. The number of allylic oxidation sites excluding steroid dienone is 8. The quantitative estimate of drug-likeness (QED) is 0.107. The molecule has 11 heteroatoms. The van der Waals surface area contributed by atoms with E-state index in [9.17, 15) is 26.3 Å². The van der Waals surface area contributed by atoms with E-state index in [0.717, 1.165) is 71.8 Å². The highest BCUT2D eigenvalue weighted by Gasteiger charge is 2.35. The van der Waals surface area contributed by atoms with Crippen LogP contribution < -0.4 is 0 Å². The van der Waals surface area contributed by atoms with E-state index in [1.807, 2.05) is 67.6 Å². The fourth-order valence-electron chi connectivity index (χ4n) is 5.56. The second-order valence-corrected chi connectivity index (χ2v) is 16.4. The highest BCUT2D eigenvalue weighted by Crippen LogP contribution is 2.45. The molecule has 0 fully saturated rings. The Hall–Kier alpha value is -3.45. The second kappa shape index (κ2) is 17.9. The first-order valence-electron chi connectivity index (χ1n) is 14.8. The minimum Gasteiger partial charge on any atom is -0.376 e. The van der Waals surface area contributed by atoms with Crippen molar-refractivity contribution in [1.29, 1.82) is 26.3 Å². The number of hydrogen-bond donors (Lipinski definition) is 0. The van der Waals surface area contributed by atoms with Crippen molar-refractivity contribution in [3.8, 4) is 30.3 Å². The summed E-state index contributed by atoms with van der Waals surface area (Å²) in [6, 6.07) is 10.5. The molecule has 0 saturated carbocycles. The van der Waals surface area contributed by atoms with E-state index in [1.165, 1.54) is 0 Å². The molecule has 0 saturated heterocycles. The summed E-state index contributed by atoms with van der Waals surface area (Å²) in [5.41, 5.74) is 3.81. The van der Waals surface area contributed by atoms with Gasteiger partial charge >= 0.3 is 0 Å². The van der Waals surface area contributed by atoms with Gasteiger partial charge in [-0.05, 0) is 42.1 Å². The van der Waals surface area contributed by atoms with Crippen LogP contribution in [0, 0.1) is 74.1 Å². The Labute approximate surface area is 282 Å². The number of rotatable bonds is 14. The standard InChI is InChI=1S/C34H42N8S3/c1-33(2)16-26(25(20-35)21-36)28(22-37)31(18-33)41(6)8-10-43-12-14-45-15-13-44-11-9-42(7)32-19-34(3,4)17-27(29(32)23-38)30(24-39)40-5/h8-19H2,1-4,6-7H3/b30-27+. The monoisotopic (exact) mass is 658 g/mol. The molecule has 45 heavy (non-hydrogen) atoms. The van der Waals surface area contributed by atoms with Crippen LogP contribution in [0.2, 0.25) is 0 Å². The van der Waals surface area contributed by atoms with Crippen LogP contribution in [-0.4, -0.2) is 71.5 Å². The fraction of sp³-hybridized carbons (Fsp3) is 0.588. The van der Waals surface area contributed by atoms with E-state index in [-0.39, 0.29) is 22.1 Å². The van der Waals surface area contributed by atoms with Gasteiger partial charge in [-0.15, -0.1) is 0 Å². The first-order chi connectivity index (χ1) is 21.4. The van der Waals surface area contributed by atoms with Gasteiger partial charge in [-0.25, -0.2) is 10.1 Å². The molecule has 0 unspecified atom stereocenters. The van der Waals surface area contributed by atoms with Crippen molar-refractivity contribution in [2.24, 2.45) is 10.8 Å². The van der Waals surface area contributed by atoms with E-state index < -0.39 is 0 Å². The van der Waals surface area contributed by atoms with Crippen molar-refractivity contribution in [1.82, 2.24) is 9.80 Å². The van der Waals surface area contributed by atoms with Crippen LogP contribution in [0.25, 0.3) is 4.85 Å². The molecule has 2 rings (SSSR count). The molecule has 2 aliphatic rings. The molecule has 0 N–H and O–H groups in total. The van der Waals surface area contributed by atoms with Gasteiger partial charge in [0.05, 0.1) is 29.9 Å². The summed E-state index contributed by atoms with van der Waals surface area (Å²) in [4.78, 5) is 7.63. The molecule has 0 amide bonds. The van der Waals surface area contributed by atoms with E-state index >= 15 is 0 Å². The molecule has 0 aromatic carbocycles. The van der Waals surface area contributed by atoms with Gasteiger partial charge in [-0.3, -0.25) is 0 Å². The van der Waals surface area contributed by atoms with Crippen LogP contribution in [0.15, 0.2) is 45.0 Å². The molecule has 8 nitrogen and oxygen atoms in total. The fourth-order valence-corrected chi connectivity index (χ4v) is 8.86. The summed E-state index contributed by atoms with van der Waals surface area (Å²) in [5.74, 6) is 6.11. The van der Waals surface area contributed by atoms with Gasteiger partial charge < -0.3 is 9.80 Å². The van der Waals surface area contributed by atoms with E-state index in [1.54, 1.807) is 0 Å². The normalized spacial score (nSPS) is 18.0. The van der Waals surface area contributed by atoms with Crippen molar-refractivity contribution in [2.45, 2.75) is 53.4 Å². The van der Waals surface area contributed by atoms with Crippen molar-refractivity contribution in [3.05, 3.63) is 56.4 Å². The maximum absolute atomic E-state index is 9.88. The highest BCUT2D eigenvalue weighted by atomic mass is 32.2. The lowest BCUT2D eigenvalue weighted by Crippen LogP contribution is -2.30. The highest BCUT2D eigenvalue weighted by molar-refractivity contribution is 8.04. The number of nitrogens with zero attached hydrogens (tertiary/aromatic N) is 8. The lowest BCUT2D eigenvalue weighted by molar-refractivity contribution is 0.292. The predicted molar refractivity (Wildman–Crippen MR) is 186 cm³/mol. The molecule has 0 spiro atoms. The average Bonchev–Trinajstić information content (AvgIpc) is 2.99. The topological polar surface area (TPSA) is 130 Å². The Morgan fingerprint density at radius 2 is 1.07 bits per heavy atom. The maximum Gasteiger partial charge on any atom is 0.266 e. The SMILES string of the molecule is [C-]#[N+]/C(C#N)=C1\CC(C)(C)CC(N(C)CCSCCSCCSCCN(C)C2=C(C#N)C(=C(C#N)C#N)CC(C)(C)C2)=C1C#N. The summed E-state index contributed by atoms with van der Waals surface area (Å²) in [7, 11) is 3.99. The lowest BCUT2D eigenvalue weighted by atomic mass is 9.72. The molecular weight excluding hydrogens is 617 g/mol. The minimum atomic E-state index is -0.124. The first kappa shape index (κ1) is 37.7.